The number of carbonyl (C=O) groups is 1. The number of carboxylic acids is 1. The van der Waals surface area contributed by atoms with Crippen molar-refractivity contribution in [1.82, 2.24) is 19.7 Å². The van der Waals surface area contributed by atoms with Gasteiger partial charge in [0.15, 0.2) is 21.5 Å². The number of hydrogen-bond donors (Lipinski definition) is 2. The number of methoxy groups -OCH3 is 1. The first-order valence-corrected chi connectivity index (χ1v) is 10.8. The third-order valence-electron chi connectivity index (χ3n) is 4.46. The molecule has 4 rings (SSSR count). The van der Waals surface area contributed by atoms with Gasteiger partial charge in [0.2, 0.25) is 0 Å². The SMILES string of the molecule is COc1ccc(-c2nc3c(c(Nc4cnn(CC(=O)O)c4)n2)S(=O)(=O)CC3)cc1Cl. The summed E-state index contributed by atoms with van der Waals surface area (Å²) >= 11 is 6.20. The molecule has 0 amide bonds. The lowest BCUT2D eigenvalue weighted by Gasteiger charge is -2.11. The van der Waals surface area contributed by atoms with Crippen LogP contribution in [0.25, 0.3) is 11.4 Å². The lowest BCUT2D eigenvalue weighted by molar-refractivity contribution is -0.137. The summed E-state index contributed by atoms with van der Waals surface area (Å²) in [5.41, 5.74) is 1.41. The molecule has 0 spiro atoms. The Morgan fingerprint density at radius 3 is 2.87 bits per heavy atom. The van der Waals surface area contributed by atoms with Gasteiger partial charge >= 0.3 is 5.97 Å². The Balaban J connectivity index is 1.78. The largest absolute Gasteiger partial charge is 0.495 e. The molecule has 0 saturated heterocycles. The number of fused-ring (bicyclic) bond motifs is 1. The van der Waals surface area contributed by atoms with Crippen molar-refractivity contribution >= 4 is 38.9 Å². The highest BCUT2D eigenvalue weighted by Crippen LogP contribution is 2.35. The summed E-state index contributed by atoms with van der Waals surface area (Å²) in [6, 6.07) is 5.04. The summed E-state index contributed by atoms with van der Waals surface area (Å²) in [5, 5.41) is 16.1. The quantitative estimate of drug-likeness (QED) is 0.579. The summed E-state index contributed by atoms with van der Waals surface area (Å²) in [6.07, 6.45) is 3.11. The molecule has 0 atom stereocenters. The van der Waals surface area contributed by atoms with Crippen LogP contribution >= 0.6 is 11.6 Å². The smallest absolute Gasteiger partial charge is 0.325 e. The number of benzene rings is 1. The van der Waals surface area contributed by atoms with E-state index in [0.717, 1.165) is 0 Å². The number of aryl methyl sites for hydroxylation is 1. The van der Waals surface area contributed by atoms with Gasteiger partial charge in [0, 0.05) is 18.2 Å². The maximum absolute atomic E-state index is 12.5. The molecule has 0 unspecified atom stereocenters. The van der Waals surface area contributed by atoms with Gasteiger partial charge in [-0.05, 0) is 18.2 Å². The fourth-order valence-corrected chi connectivity index (χ4v) is 4.96. The van der Waals surface area contributed by atoms with Crippen LogP contribution in [0, 0.1) is 0 Å². The van der Waals surface area contributed by atoms with Crippen LogP contribution in [0.2, 0.25) is 5.02 Å². The third kappa shape index (κ3) is 3.81. The molecule has 0 aliphatic carbocycles. The van der Waals surface area contributed by atoms with Crippen molar-refractivity contribution in [2.45, 2.75) is 17.9 Å². The van der Waals surface area contributed by atoms with Crippen molar-refractivity contribution in [2.75, 3.05) is 18.2 Å². The number of aromatic nitrogens is 4. The molecular formula is C18H16ClN5O5S. The number of aliphatic carboxylic acids is 1. The number of nitrogens with zero attached hydrogens (tertiary/aromatic N) is 4. The molecule has 10 nitrogen and oxygen atoms in total. The molecular weight excluding hydrogens is 434 g/mol. The van der Waals surface area contributed by atoms with Crippen LogP contribution in [0.15, 0.2) is 35.5 Å². The van der Waals surface area contributed by atoms with Gasteiger partial charge in [0.05, 0.1) is 35.5 Å². The van der Waals surface area contributed by atoms with Gasteiger partial charge in [0.25, 0.3) is 0 Å². The molecule has 1 aromatic carbocycles. The van der Waals surface area contributed by atoms with Crippen LogP contribution in [0.1, 0.15) is 5.69 Å². The highest BCUT2D eigenvalue weighted by Gasteiger charge is 2.33. The first-order valence-electron chi connectivity index (χ1n) is 8.75. The number of rotatable bonds is 6. The van der Waals surface area contributed by atoms with Crippen molar-refractivity contribution in [3.05, 3.63) is 41.3 Å². The van der Waals surface area contributed by atoms with Crippen molar-refractivity contribution in [1.29, 1.82) is 0 Å². The summed E-state index contributed by atoms with van der Waals surface area (Å²) in [4.78, 5) is 19.7. The maximum atomic E-state index is 12.5. The Labute approximate surface area is 176 Å². The molecule has 0 fully saturated rings. The van der Waals surface area contributed by atoms with Crippen molar-refractivity contribution in [3.63, 3.8) is 0 Å². The van der Waals surface area contributed by atoms with E-state index in [4.69, 9.17) is 21.4 Å². The number of halogens is 1. The van der Waals surface area contributed by atoms with Gasteiger partial charge < -0.3 is 15.2 Å². The maximum Gasteiger partial charge on any atom is 0.325 e. The van der Waals surface area contributed by atoms with E-state index in [-0.39, 0.29) is 29.4 Å². The van der Waals surface area contributed by atoms with E-state index in [1.54, 1.807) is 18.2 Å². The Morgan fingerprint density at radius 1 is 1.37 bits per heavy atom. The lowest BCUT2D eigenvalue weighted by Crippen LogP contribution is -2.09. The zero-order valence-electron chi connectivity index (χ0n) is 15.7. The van der Waals surface area contributed by atoms with Crippen LogP contribution in [-0.2, 0) is 27.6 Å². The van der Waals surface area contributed by atoms with Gasteiger partial charge in [-0.15, -0.1) is 0 Å². The highest BCUT2D eigenvalue weighted by atomic mass is 35.5. The van der Waals surface area contributed by atoms with E-state index in [9.17, 15) is 13.2 Å². The van der Waals surface area contributed by atoms with E-state index in [1.165, 1.54) is 24.2 Å². The number of ether oxygens (including phenoxy) is 1. The zero-order valence-corrected chi connectivity index (χ0v) is 17.2. The molecule has 3 heterocycles. The van der Waals surface area contributed by atoms with Crippen LogP contribution in [0.5, 0.6) is 5.75 Å². The van der Waals surface area contributed by atoms with Crippen molar-refractivity contribution in [2.24, 2.45) is 0 Å². The third-order valence-corrected chi connectivity index (χ3v) is 6.55. The summed E-state index contributed by atoms with van der Waals surface area (Å²) in [7, 11) is -2.04. The molecule has 1 aliphatic heterocycles. The predicted octanol–water partition coefficient (Wildman–Crippen LogP) is 2.16. The second-order valence-electron chi connectivity index (χ2n) is 6.54. The molecule has 1 aliphatic rings. The topological polar surface area (TPSA) is 136 Å². The molecule has 156 valence electrons. The second kappa shape index (κ2) is 7.58. The Morgan fingerprint density at radius 2 is 2.17 bits per heavy atom. The van der Waals surface area contributed by atoms with E-state index in [2.05, 4.69) is 20.4 Å². The van der Waals surface area contributed by atoms with Crippen LogP contribution in [-0.4, -0.2) is 52.1 Å². The standard InChI is InChI=1S/C18H16ClN5O5S/c1-29-14-3-2-10(6-12(14)19)17-22-13-4-5-30(27,28)16(13)18(23-17)21-11-7-20-24(8-11)9-15(25)26/h2-3,6-8H,4-5,9H2,1H3,(H,25,26)(H,21,22,23). The average molecular weight is 450 g/mol. The van der Waals surface area contributed by atoms with E-state index < -0.39 is 15.8 Å². The van der Waals surface area contributed by atoms with Gasteiger partial charge in [-0.25, -0.2) is 18.4 Å². The number of sulfone groups is 1. The van der Waals surface area contributed by atoms with Crippen molar-refractivity contribution < 1.29 is 23.1 Å². The average Bonchev–Trinajstić information content (AvgIpc) is 3.24. The van der Waals surface area contributed by atoms with Gasteiger partial charge in [-0.3, -0.25) is 9.48 Å². The second-order valence-corrected chi connectivity index (χ2v) is 8.99. The predicted molar refractivity (Wildman–Crippen MR) is 108 cm³/mol. The molecule has 3 aromatic rings. The summed E-state index contributed by atoms with van der Waals surface area (Å²) in [6.45, 7) is -0.322. The van der Waals surface area contributed by atoms with Gasteiger partial charge in [-0.1, -0.05) is 11.6 Å². The normalized spacial score (nSPS) is 14.3. The molecule has 12 heteroatoms. The summed E-state index contributed by atoms with van der Waals surface area (Å²) in [5.74, 6) is -0.205. The molecule has 0 radical (unpaired) electrons. The van der Waals surface area contributed by atoms with Crippen LogP contribution in [0.4, 0.5) is 11.5 Å². The number of hydrogen-bond acceptors (Lipinski definition) is 8. The lowest BCUT2D eigenvalue weighted by atomic mass is 10.2. The fraction of sp³-hybridized carbons (Fsp3) is 0.222. The Hall–Kier alpha value is -3.18. The first-order chi connectivity index (χ1) is 14.3. The molecule has 2 N–H and O–H groups in total. The molecule has 2 aromatic heterocycles. The Bertz CT molecular complexity index is 1260. The van der Waals surface area contributed by atoms with E-state index >= 15 is 0 Å². The monoisotopic (exact) mass is 449 g/mol. The van der Waals surface area contributed by atoms with Crippen molar-refractivity contribution in [3.8, 4) is 17.1 Å². The fourth-order valence-electron chi connectivity index (χ4n) is 3.14. The molecule has 0 saturated carbocycles. The number of carboxylic acid groups (broad SMARTS) is 1. The minimum atomic E-state index is -3.54. The number of anilines is 2. The first kappa shape index (κ1) is 20.1. The Kier molecular flexibility index (Phi) is 5.08. The molecule has 30 heavy (non-hydrogen) atoms. The van der Waals surface area contributed by atoms with Gasteiger partial charge in [-0.2, -0.15) is 5.10 Å². The molecule has 0 bridgehead atoms. The zero-order chi connectivity index (χ0) is 21.5. The van der Waals surface area contributed by atoms with Crippen LogP contribution < -0.4 is 10.1 Å². The van der Waals surface area contributed by atoms with Crippen LogP contribution in [0.3, 0.4) is 0 Å². The number of nitrogens with one attached hydrogen (secondary N) is 1. The summed E-state index contributed by atoms with van der Waals surface area (Å²) < 4.78 is 31.5. The van der Waals surface area contributed by atoms with Gasteiger partial charge in [0.1, 0.15) is 17.2 Å². The highest BCUT2D eigenvalue weighted by molar-refractivity contribution is 7.91. The van der Waals surface area contributed by atoms with E-state index in [0.29, 0.717) is 33.5 Å². The minimum absolute atomic E-state index is 0.0387. The minimum Gasteiger partial charge on any atom is -0.495 e. The van der Waals surface area contributed by atoms with E-state index in [1.807, 2.05) is 0 Å².